The van der Waals surface area contributed by atoms with E-state index in [2.05, 4.69) is 36.3 Å². The van der Waals surface area contributed by atoms with Crippen molar-refractivity contribution in [1.82, 2.24) is 20.4 Å². The number of halogens is 1. The van der Waals surface area contributed by atoms with Crippen LogP contribution in [0.4, 0.5) is 0 Å². The summed E-state index contributed by atoms with van der Waals surface area (Å²) in [7, 11) is 1.64. The molecule has 3 aliphatic heterocycles. The van der Waals surface area contributed by atoms with Crippen LogP contribution in [0, 0.1) is 5.92 Å². The second-order valence-corrected chi connectivity index (χ2v) is 8.11. The average molecular weight is 437 g/mol. The molecule has 8 heteroatoms. The molecule has 2 atom stereocenters. The van der Waals surface area contributed by atoms with Gasteiger partial charge >= 0.3 is 0 Å². The van der Waals surface area contributed by atoms with Crippen LogP contribution in [-0.2, 0) is 9.47 Å². The van der Waals surface area contributed by atoms with E-state index in [9.17, 15) is 4.79 Å². The number of aromatic amines is 1. The van der Waals surface area contributed by atoms with Gasteiger partial charge in [0.05, 0.1) is 18.7 Å². The standard InChI is InChI=1S/C19H25BrN4O3/c1-26-8-9-27-18(20)13-2-3-14-15(10-13)22-23-17(14)19(25)21-16-11-24-6-4-12(16)5-7-24/h2-3,10,12,16,18H,4-9,11H2,1H3,(H,21,25)(H,22,23)/t16-,18?/m1/s1. The number of H-pyrrole nitrogens is 1. The number of benzene rings is 1. The Balaban J connectivity index is 1.45. The van der Waals surface area contributed by atoms with E-state index >= 15 is 0 Å². The van der Waals surface area contributed by atoms with Crippen molar-refractivity contribution in [3.8, 4) is 0 Å². The number of carbonyl (C=O) groups is 1. The molecule has 4 heterocycles. The summed E-state index contributed by atoms with van der Waals surface area (Å²) in [4.78, 5) is 15.2. The van der Waals surface area contributed by atoms with Gasteiger partial charge in [-0.2, -0.15) is 5.10 Å². The van der Waals surface area contributed by atoms with Crippen molar-refractivity contribution >= 4 is 32.7 Å². The van der Waals surface area contributed by atoms with Crippen LogP contribution >= 0.6 is 15.9 Å². The second kappa shape index (κ2) is 8.26. The van der Waals surface area contributed by atoms with Crippen LogP contribution in [0.15, 0.2) is 18.2 Å². The first kappa shape index (κ1) is 18.9. The highest BCUT2D eigenvalue weighted by Crippen LogP contribution is 2.29. The summed E-state index contributed by atoms with van der Waals surface area (Å²) in [5.74, 6) is 0.494. The van der Waals surface area contributed by atoms with E-state index in [0.29, 0.717) is 24.8 Å². The van der Waals surface area contributed by atoms with Crippen LogP contribution in [0.2, 0.25) is 0 Å². The molecule has 3 fully saturated rings. The topological polar surface area (TPSA) is 79.5 Å². The van der Waals surface area contributed by atoms with Gasteiger partial charge in [0.1, 0.15) is 5.01 Å². The highest BCUT2D eigenvalue weighted by Gasteiger charge is 2.35. The van der Waals surface area contributed by atoms with Gasteiger partial charge in [-0.3, -0.25) is 9.89 Å². The van der Waals surface area contributed by atoms with E-state index in [-0.39, 0.29) is 17.0 Å². The molecular weight excluding hydrogens is 412 g/mol. The Labute approximate surface area is 166 Å². The third-order valence-corrected chi connectivity index (χ3v) is 6.38. The van der Waals surface area contributed by atoms with E-state index < -0.39 is 0 Å². The number of carbonyl (C=O) groups excluding carboxylic acids is 1. The van der Waals surface area contributed by atoms with E-state index in [1.165, 1.54) is 12.8 Å². The lowest BCUT2D eigenvalue weighted by Gasteiger charge is -2.44. The Morgan fingerprint density at radius 1 is 1.41 bits per heavy atom. The largest absolute Gasteiger partial charge is 0.382 e. The van der Waals surface area contributed by atoms with Gasteiger partial charge in [0.2, 0.25) is 0 Å². The lowest BCUT2D eigenvalue weighted by atomic mass is 9.84. The summed E-state index contributed by atoms with van der Waals surface area (Å²) in [5.41, 5.74) is 2.25. The molecule has 2 N–H and O–H groups in total. The quantitative estimate of drug-likeness (QED) is 0.514. The Morgan fingerprint density at radius 2 is 2.22 bits per heavy atom. The Bertz CT molecular complexity index is 803. The zero-order chi connectivity index (χ0) is 18.8. The van der Waals surface area contributed by atoms with Gasteiger partial charge in [-0.25, -0.2) is 0 Å². The van der Waals surface area contributed by atoms with Gasteiger partial charge in [-0.15, -0.1) is 0 Å². The maximum absolute atomic E-state index is 12.8. The number of alkyl halides is 1. The minimum Gasteiger partial charge on any atom is -0.382 e. The number of amides is 1. The van der Waals surface area contributed by atoms with Crippen molar-refractivity contribution in [3.05, 3.63) is 29.5 Å². The van der Waals surface area contributed by atoms with Crippen LogP contribution in [0.25, 0.3) is 10.9 Å². The zero-order valence-electron chi connectivity index (χ0n) is 15.4. The highest BCUT2D eigenvalue weighted by molar-refractivity contribution is 9.09. The number of piperidine rings is 3. The van der Waals surface area contributed by atoms with Gasteiger partial charge in [0.25, 0.3) is 5.91 Å². The van der Waals surface area contributed by atoms with Gasteiger partial charge in [0.15, 0.2) is 5.69 Å². The Morgan fingerprint density at radius 3 is 2.93 bits per heavy atom. The fourth-order valence-electron chi connectivity index (χ4n) is 4.05. The molecule has 2 bridgehead atoms. The fourth-order valence-corrected chi connectivity index (χ4v) is 4.52. The normalized spacial score (nSPS) is 25.6. The van der Waals surface area contributed by atoms with Gasteiger partial charge < -0.3 is 19.7 Å². The first-order chi connectivity index (χ1) is 13.2. The molecule has 1 aromatic heterocycles. The number of hydrogen-bond acceptors (Lipinski definition) is 5. The predicted molar refractivity (Wildman–Crippen MR) is 106 cm³/mol. The third-order valence-electron chi connectivity index (χ3n) is 5.59. The minimum atomic E-state index is -0.232. The monoisotopic (exact) mass is 436 g/mol. The van der Waals surface area contributed by atoms with Crippen LogP contribution in [0.1, 0.15) is 33.9 Å². The van der Waals surface area contributed by atoms with E-state index in [1.54, 1.807) is 7.11 Å². The molecule has 27 heavy (non-hydrogen) atoms. The van der Waals surface area contributed by atoms with Crippen LogP contribution in [-0.4, -0.2) is 67.0 Å². The Kier molecular flexibility index (Phi) is 5.77. The summed E-state index contributed by atoms with van der Waals surface area (Å²) in [6.45, 7) is 4.31. The Hall–Kier alpha value is -1.48. The molecule has 0 spiro atoms. The van der Waals surface area contributed by atoms with Crippen molar-refractivity contribution in [2.24, 2.45) is 5.92 Å². The van der Waals surface area contributed by atoms with Gasteiger partial charge in [-0.05, 0) is 49.5 Å². The number of aromatic nitrogens is 2. The van der Waals surface area contributed by atoms with E-state index in [1.807, 2.05) is 18.2 Å². The maximum atomic E-state index is 12.8. The number of nitrogens with zero attached hydrogens (tertiary/aromatic N) is 2. The molecule has 3 aliphatic rings. The van der Waals surface area contributed by atoms with E-state index in [4.69, 9.17) is 9.47 Å². The number of hydrogen-bond donors (Lipinski definition) is 2. The average Bonchev–Trinajstić information content (AvgIpc) is 3.12. The smallest absolute Gasteiger partial charge is 0.272 e. The molecule has 1 unspecified atom stereocenters. The first-order valence-corrected chi connectivity index (χ1v) is 10.3. The van der Waals surface area contributed by atoms with E-state index in [0.717, 1.165) is 36.1 Å². The molecule has 7 nitrogen and oxygen atoms in total. The fraction of sp³-hybridized carbons (Fsp3) is 0.579. The first-order valence-electron chi connectivity index (χ1n) is 9.41. The zero-order valence-corrected chi connectivity index (χ0v) is 17.0. The molecule has 1 aromatic carbocycles. The molecule has 3 saturated heterocycles. The van der Waals surface area contributed by atoms with Crippen molar-refractivity contribution in [2.45, 2.75) is 23.9 Å². The number of nitrogens with one attached hydrogen (secondary N) is 2. The number of fused-ring (bicyclic) bond motifs is 4. The summed E-state index contributed by atoms with van der Waals surface area (Å²) in [5, 5.41) is 11.1. The lowest BCUT2D eigenvalue weighted by molar-refractivity contribution is 0.0599. The molecule has 2 aromatic rings. The summed E-state index contributed by atoms with van der Waals surface area (Å²) in [6.07, 6.45) is 2.34. The van der Waals surface area contributed by atoms with Gasteiger partial charge in [0, 0.05) is 25.1 Å². The molecule has 1 amide bonds. The number of ether oxygens (including phenoxy) is 2. The molecule has 0 saturated carbocycles. The summed E-state index contributed by atoms with van der Waals surface area (Å²) >= 11 is 3.53. The summed E-state index contributed by atoms with van der Waals surface area (Å²) < 4.78 is 10.7. The predicted octanol–water partition coefficient (Wildman–Crippen LogP) is 2.44. The van der Waals surface area contributed by atoms with Gasteiger partial charge in [-0.1, -0.05) is 22.0 Å². The molecule has 0 radical (unpaired) electrons. The summed E-state index contributed by atoms with van der Waals surface area (Å²) in [6, 6.07) is 6.06. The molecule has 5 rings (SSSR count). The van der Waals surface area contributed by atoms with Crippen molar-refractivity contribution in [1.29, 1.82) is 0 Å². The minimum absolute atomic E-state index is 0.0977. The van der Waals surface area contributed by atoms with Crippen molar-refractivity contribution < 1.29 is 14.3 Å². The lowest BCUT2D eigenvalue weighted by Crippen LogP contribution is -2.57. The van der Waals surface area contributed by atoms with Crippen LogP contribution < -0.4 is 5.32 Å². The van der Waals surface area contributed by atoms with Crippen LogP contribution in [0.5, 0.6) is 0 Å². The molecular formula is C19H25BrN4O3. The third kappa shape index (κ3) is 4.03. The van der Waals surface area contributed by atoms with Crippen LogP contribution in [0.3, 0.4) is 0 Å². The SMILES string of the molecule is COCCOC(Br)c1ccc2c(C(=O)N[C@@H]3CN4CCC3CC4)n[nH]c2c1. The maximum Gasteiger partial charge on any atom is 0.272 e. The molecule has 146 valence electrons. The number of rotatable bonds is 7. The second-order valence-electron chi connectivity index (χ2n) is 7.27. The van der Waals surface area contributed by atoms with Crippen molar-refractivity contribution in [2.75, 3.05) is 40.0 Å². The highest BCUT2D eigenvalue weighted by atomic mass is 79.9. The number of methoxy groups -OCH3 is 1. The molecule has 0 aliphatic carbocycles. The van der Waals surface area contributed by atoms with Crippen molar-refractivity contribution in [3.63, 3.8) is 0 Å².